The Hall–Kier alpha value is -2.57. The molecule has 1 N–H and O–H groups in total. The summed E-state index contributed by atoms with van der Waals surface area (Å²) in [4.78, 5) is 28.2. The minimum atomic E-state index is -0.357. The number of hydrogen-bond donors (Lipinski definition) is 1. The van der Waals surface area contributed by atoms with E-state index in [2.05, 4.69) is 13.8 Å². The van der Waals surface area contributed by atoms with Crippen molar-refractivity contribution in [3.05, 3.63) is 64.1 Å². The van der Waals surface area contributed by atoms with Gasteiger partial charge < -0.3 is 9.84 Å². The van der Waals surface area contributed by atoms with Crippen LogP contribution in [-0.2, 0) is 9.59 Å². The minimum absolute atomic E-state index is 0.0717. The van der Waals surface area contributed by atoms with Crippen LogP contribution in [0.2, 0.25) is 0 Å². The predicted molar refractivity (Wildman–Crippen MR) is 122 cm³/mol. The van der Waals surface area contributed by atoms with Gasteiger partial charge in [0.2, 0.25) is 0 Å². The Morgan fingerprint density at radius 1 is 1.03 bits per heavy atom. The maximum atomic E-state index is 13.4. The number of aliphatic hydroxyl groups is 1. The van der Waals surface area contributed by atoms with E-state index in [-0.39, 0.29) is 18.4 Å². The molecule has 0 saturated heterocycles. The molecule has 2 aromatic carbocycles. The first-order valence-electron chi connectivity index (χ1n) is 10.0. The van der Waals surface area contributed by atoms with Crippen molar-refractivity contribution in [3.8, 4) is 5.75 Å². The lowest BCUT2D eigenvalue weighted by Gasteiger charge is -2.16. The highest BCUT2D eigenvalue weighted by atomic mass is 32.2. The van der Waals surface area contributed by atoms with Crippen LogP contribution in [0.3, 0.4) is 0 Å². The molecule has 0 fully saturated rings. The second-order valence-corrected chi connectivity index (χ2v) is 8.84. The molecule has 30 heavy (non-hydrogen) atoms. The zero-order valence-corrected chi connectivity index (χ0v) is 18.6. The van der Waals surface area contributed by atoms with E-state index in [1.54, 1.807) is 24.3 Å². The number of thioether (sulfide) groups is 1. The molecule has 1 aliphatic rings. The highest BCUT2D eigenvalue weighted by Crippen LogP contribution is 2.39. The SMILES string of the molecule is Cc1ccc(C2=C(SCCO)C(=O)N(c3ccc(OCC(C)C)cc3)C2=O)c(C)c1. The van der Waals surface area contributed by atoms with Gasteiger partial charge in [-0.25, -0.2) is 4.90 Å². The number of amides is 2. The average Bonchev–Trinajstić information content (AvgIpc) is 2.95. The van der Waals surface area contributed by atoms with E-state index in [9.17, 15) is 14.7 Å². The largest absolute Gasteiger partial charge is 0.493 e. The average molecular weight is 426 g/mol. The zero-order chi connectivity index (χ0) is 21.8. The van der Waals surface area contributed by atoms with Crippen LogP contribution < -0.4 is 9.64 Å². The Morgan fingerprint density at radius 2 is 1.73 bits per heavy atom. The summed E-state index contributed by atoms with van der Waals surface area (Å²) >= 11 is 1.22. The summed E-state index contributed by atoms with van der Waals surface area (Å²) in [6.07, 6.45) is 0. The molecule has 0 bridgehead atoms. The molecule has 0 spiro atoms. The number of hydrogen-bond acceptors (Lipinski definition) is 5. The maximum Gasteiger partial charge on any atom is 0.272 e. The fourth-order valence-corrected chi connectivity index (χ4v) is 4.16. The summed E-state index contributed by atoms with van der Waals surface area (Å²) < 4.78 is 5.70. The summed E-state index contributed by atoms with van der Waals surface area (Å²) in [5.41, 5.74) is 3.68. The zero-order valence-electron chi connectivity index (χ0n) is 17.8. The number of ether oxygens (including phenoxy) is 1. The number of carbonyl (C=O) groups excluding carboxylic acids is 2. The lowest BCUT2D eigenvalue weighted by atomic mass is 9.99. The van der Waals surface area contributed by atoms with E-state index in [4.69, 9.17) is 4.74 Å². The van der Waals surface area contributed by atoms with Crippen molar-refractivity contribution in [2.24, 2.45) is 5.92 Å². The summed E-state index contributed by atoms with van der Waals surface area (Å²) in [5, 5.41) is 9.26. The van der Waals surface area contributed by atoms with Crippen molar-refractivity contribution >= 4 is 34.8 Å². The number of aliphatic hydroxyl groups excluding tert-OH is 1. The smallest absolute Gasteiger partial charge is 0.272 e. The number of carbonyl (C=O) groups is 2. The molecule has 0 unspecified atom stereocenters. The molecule has 3 rings (SSSR count). The van der Waals surface area contributed by atoms with Gasteiger partial charge in [-0.2, -0.15) is 0 Å². The third-order valence-electron chi connectivity index (χ3n) is 4.71. The Balaban J connectivity index is 1.96. The molecular formula is C24H27NO4S. The van der Waals surface area contributed by atoms with Crippen LogP contribution in [0.1, 0.15) is 30.5 Å². The van der Waals surface area contributed by atoms with E-state index in [1.165, 1.54) is 16.7 Å². The molecule has 1 aliphatic heterocycles. The van der Waals surface area contributed by atoms with Gasteiger partial charge in [0.25, 0.3) is 11.8 Å². The van der Waals surface area contributed by atoms with Gasteiger partial charge in [-0.15, -0.1) is 11.8 Å². The molecule has 6 heteroatoms. The standard InChI is InChI=1S/C24H27NO4S/c1-15(2)14-29-19-8-6-18(7-9-19)25-23(27)21(22(24(25)28)30-12-11-26)20-10-5-16(3)13-17(20)4/h5-10,13,15,26H,11-12,14H2,1-4H3. The molecule has 0 atom stereocenters. The molecule has 0 aliphatic carbocycles. The van der Waals surface area contributed by atoms with Gasteiger partial charge in [0.15, 0.2) is 0 Å². The molecule has 158 valence electrons. The van der Waals surface area contributed by atoms with Crippen LogP contribution in [0.15, 0.2) is 47.4 Å². The highest BCUT2D eigenvalue weighted by Gasteiger charge is 2.40. The Labute approximate surface area is 181 Å². The van der Waals surface area contributed by atoms with Crippen LogP contribution in [0.5, 0.6) is 5.75 Å². The topological polar surface area (TPSA) is 66.8 Å². The number of anilines is 1. The first-order chi connectivity index (χ1) is 14.3. The lowest BCUT2D eigenvalue weighted by molar-refractivity contribution is -0.119. The first-order valence-corrected chi connectivity index (χ1v) is 11.0. The van der Waals surface area contributed by atoms with Gasteiger partial charge in [-0.1, -0.05) is 37.6 Å². The van der Waals surface area contributed by atoms with Gasteiger partial charge in [0.1, 0.15) is 5.75 Å². The van der Waals surface area contributed by atoms with Crippen molar-refractivity contribution in [2.75, 3.05) is 23.9 Å². The summed E-state index contributed by atoms with van der Waals surface area (Å²) in [5.74, 6) is 0.747. The molecular weight excluding hydrogens is 398 g/mol. The van der Waals surface area contributed by atoms with Gasteiger partial charge in [-0.05, 0) is 55.2 Å². The van der Waals surface area contributed by atoms with Crippen LogP contribution >= 0.6 is 11.8 Å². The van der Waals surface area contributed by atoms with Crippen molar-refractivity contribution in [2.45, 2.75) is 27.7 Å². The monoisotopic (exact) mass is 425 g/mol. The van der Waals surface area contributed by atoms with Crippen LogP contribution in [0, 0.1) is 19.8 Å². The van der Waals surface area contributed by atoms with Crippen molar-refractivity contribution in [1.82, 2.24) is 0 Å². The summed E-state index contributed by atoms with van der Waals surface area (Å²) in [6.45, 7) is 8.59. The van der Waals surface area contributed by atoms with Crippen LogP contribution in [0.25, 0.3) is 5.57 Å². The van der Waals surface area contributed by atoms with Crippen LogP contribution in [0.4, 0.5) is 5.69 Å². The lowest BCUT2D eigenvalue weighted by Crippen LogP contribution is -2.31. The van der Waals surface area contributed by atoms with E-state index in [0.717, 1.165) is 16.7 Å². The summed E-state index contributed by atoms with van der Waals surface area (Å²) in [6, 6.07) is 12.8. The third-order valence-corrected chi connectivity index (χ3v) is 5.76. The number of nitrogens with zero attached hydrogens (tertiary/aromatic N) is 1. The van der Waals surface area contributed by atoms with Gasteiger partial charge in [0.05, 0.1) is 29.4 Å². The molecule has 1 heterocycles. The fourth-order valence-electron chi connectivity index (χ4n) is 3.31. The minimum Gasteiger partial charge on any atom is -0.493 e. The van der Waals surface area contributed by atoms with Crippen molar-refractivity contribution in [3.63, 3.8) is 0 Å². The Morgan fingerprint density at radius 3 is 2.33 bits per heavy atom. The molecule has 2 aromatic rings. The van der Waals surface area contributed by atoms with E-state index < -0.39 is 0 Å². The van der Waals surface area contributed by atoms with Gasteiger partial charge in [0, 0.05) is 5.75 Å². The third kappa shape index (κ3) is 4.60. The van der Waals surface area contributed by atoms with Crippen molar-refractivity contribution < 1.29 is 19.4 Å². The van der Waals surface area contributed by atoms with E-state index >= 15 is 0 Å². The predicted octanol–water partition coefficient (Wildman–Crippen LogP) is 4.35. The number of benzene rings is 2. The number of imide groups is 1. The Bertz CT molecular complexity index is 979. The van der Waals surface area contributed by atoms with Crippen molar-refractivity contribution in [1.29, 1.82) is 0 Å². The molecule has 5 nitrogen and oxygen atoms in total. The molecule has 2 amide bonds. The normalized spacial score (nSPS) is 14.3. The van der Waals surface area contributed by atoms with Gasteiger partial charge in [-0.3, -0.25) is 9.59 Å². The molecule has 0 aromatic heterocycles. The van der Waals surface area contributed by atoms with E-state index in [1.807, 2.05) is 32.0 Å². The maximum absolute atomic E-state index is 13.4. The summed E-state index contributed by atoms with van der Waals surface area (Å²) in [7, 11) is 0. The quantitative estimate of drug-likeness (QED) is 0.637. The fraction of sp³-hybridized carbons (Fsp3) is 0.333. The number of rotatable bonds is 8. The van der Waals surface area contributed by atoms with E-state index in [0.29, 0.717) is 40.2 Å². The van der Waals surface area contributed by atoms with Crippen LogP contribution in [-0.4, -0.2) is 35.9 Å². The van der Waals surface area contributed by atoms with Gasteiger partial charge >= 0.3 is 0 Å². The molecule has 0 saturated carbocycles. The first kappa shape index (κ1) is 22.1. The second kappa shape index (κ2) is 9.49. The number of aryl methyl sites for hydroxylation is 2. The second-order valence-electron chi connectivity index (χ2n) is 7.74. The highest BCUT2D eigenvalue weighted by molar-refractivity contribution is 8.04. The molecule has 0 radical (unpaired) electrons. The Kier molecular flexibility index (Phi) is 7.00.